The lowest BCUT2D eigenvalue weighted by molar-refractivity contribution is 0.583. The second-order valence-corrected chi connectivity index (χ2v) is 25.3. The second-order valence-electron chi connectivity index (χ2n) is 25.3. The van der Waals surface area contributed by atoms with Crippen molar-refractivity contribution in [3.05, 3.63) is 285 Å². The van der Waals surface area contributed by atoms with E-state index in [0.29, 0.717) is 0 Å². The second kappa shape index (κ2) is 16.9. The van der Waals surface area contributed by atoms with Gasteiger partial charge in [0.15, 0.2) is 0 Å². The standard InChI is InChI=1S/C78H62N2/c1-75(2,3)67-43-44-68(76(4,5)6)74-73(67)79-71(49-35-31-47(32-36-49)51-39-41-59-57-23-11-17-29-65(57)77(69(59)45-51)61-25-13-7-19-53(61)54-20-8-14-26-62(54)77)72(80-74)50-37-33-48(34-38-50)52-40-42-60-58-24-12-18-30-66(58)78(70(60)46-52)63-27-15-9-21-55(63)56-22-10-16-28-64(56)78/h7-15,17,19-27,29,31-46H,16,18,28,30H2,1-6H3. The normalized spacial score (nSPS) is 17.6. The quantitative estimate of drug-likeness (QED) is 0.176. The predicted octanol–water partition coefficient (Wildman–Crippen LogP) is 19.8. The smallest absolute Gasteiger partial charge is 0.0973 e. The Morgan fingerprint density at radius 3 is 1.10 bits per heavy atom. The van der Waals surface area contributed by atoms with E-state index in [1.54, 1.807) is 11.1 Å². The molecule has 0 aliphatic heterocycles. The van der Waals surface area contributed by atoms with E-state index in [-0.39, 0.29) is 16.2 Å². The van der Waals surface area contributed by atoms with Crippen molar-refractivity contribution >= 4 is 22.2 Å². The van der Waals surface area contributed by atoms with E-state index in [0.717, 1.165) is 59.2 Å². The van der Waals surface area contributed by atoms with Crippen LogP contribution in [0.25, 0.3) is 89.2 Å². The zero-order valence-corrected chi connectivity index (χ0v) is 46.5. The Balaban J connectivity index is 0.827. The molecule has 10 aromatic rings. The Kier molecular flexibility index (Phi) is 9.99. The first-order valence-corrected chi connectivity index (χ1v) is 29.0. The van der Waals surface area contributed by atoms with Crippen LogP contribution in [0.15, 0.2) is 230 Å². The first-order chi connectivity index (χ1) is 38.9. The molecule has 9 aromatic carbocycles. The van der Waals surface area contributed by atoms with Crippen molar-refractivity contribution in [1.82, 2.24) is 9.97 Å². The van der Waals surface area contributed by atoms with Crippen LogP contribution in [0.1, 0.15) is 123 Å². The molecule has 0 fully saturated rings. The van der Waals surface area contributed by atoms with E-state index >= 15 is 0 Å². The fourth-order valence-corrected chi connectivity index (χ4v) is 15.6. The van der Waals surface area contributed by atoms with Gasteiger partial charge in [-0.25, -0.2) is 9.97 Å². The molecule has 1 atom stereocenters. The lowest BCUT2D eigenvalue weighted by atomic mass is 9.65. The molecule has 0 saturated carbocycles. The summed E-state index contributed by atoms with van der Waals surface area (Å²) in [5.41, 5.74) is 34.5. The summed E-state index contributed by atoms with van der Waals surface area (Å²) < 4.78 is 0. The third-order valence-electron chi connectivity index (χ3n) is 19.0. The fourth-order valence-electron chi connectivity index (χ4n) is 15.6. The number of aromatic nitrogens is 2. The Bertz CT molecular complexity index is 4390. The van der Waals surface area contributed by atoms with Crippen molar-refractivity contribution in [3.8, 4) is 67.0 Å². The number of fused-ring (bicyclic) bond motifs is 19. The molecule has 1 unspecified atom stereocenters. The van der Waals surface area contributed by atoms with Crippen molar-refractivity contribution in [2.45, 2.75) is 88.9 Å². The molecule has 0 N–H and O–H groups in total. The average Bonchev–Trinajstić information content (AvgIpc) is 2.87. The molecule has 6 aliphatic rings. The van der Waals surface area contributed by atoms with Gasteiger partial charge in [0.1, 0.15) is 0 Å². The molecule has 0 amide bonds. The number of benzene rings is 9. The first kappa shape index (κ1) is 47.3. The van der Waals surface area contributed by atoms with Gasteiger partial charge in [-0.3, -0.25) is 0 Å². The zero-order chi connectivity index (χ0) is 53.9. The number of hydrogen-bond acceptors (Lipinski definition) is 2. The summed E-state index contributed by atoms with van der Waals surface area (Å²) in [5.74, 6) is 0. The number of nitrogens with zero attached hydrogens (tertiary/aromatic N) is 2. The van der Waals surface area contributed by atoms with Crippen LogP contribution >= 0.6 is 0 Å². The lowest BCUT2D eigenvalue weighted by Crippen LogP contribution is -2.29. The Hall–Kier alpha value is -8.72. The van der Waals surface area contributed by atoms with Gasteiger partial charge in [0.25, 0.3) is 0 Å². The maximum atomic E-state index is 5.79. The molecular weight excluding hydrogens is 965 g/mol. The van der Waals surface area contributed by atoms with Crippen LogP contribution in [0.5, 0.6) is 0 Å². The molecule has 0 saturated heterocycles. The van der Waals surface area contributed by atoms with Crippen molar-refractivity contribution in [2.75, 3.05) is 0 Å². The van der Waals surface area contributed by atoms with Crippen LogP contribution in [-0.4, -0.2) is 9.97 Å². The molecule has 2 spiro atoms. The van der Waals surface area contributed by atoms with Gasteiger partial charge in [0.2, 0.25) is 0 Å². The van der Waals surface area contributed by atoms with E-state index in [1.165, 1.54) is 111 Å². The van der Waals surface area contributed by atoms with E-state index in [2.05, 4.69) is 260 Å². The Labute approximate surface area is 470 Å². The monoisotopic (exact) mass is 1030 g/mol. The van der Waals surface area contributed by atoms with E-state index in [4.69, 9.17) is 9.97 Å². The van der Waals surface area contributed by atoms with Gasteiger partial charge in [-0.2, -0.15) is 0 Å². The number of rotatable bonds is 4. The summed E-state index contributed by atoms with van der Waals surface area (Å²) >= 11 is 0. The summed E-state index contributed by atoms with van der Waals surface area (Å²) in [7, 11) is 0. The summed E-state index contributed by atoms with van der Waals surface area (Å²) in [6, 6.07) is 73.9. The van der Waals surface area contributed by atoms with Crippen LogP contribution in [-0.2, 0) is 21.7 Å². The topological polar surface area (TPSA) is 25.8 Å². The highest BCUT2D eigenvalue weighted by atomic mass is 14.8. The Morgan fingerprint density at radius 1 is 0.325 bits per heavy atom. The van der Waals surface area contributed by atoms with E-state index in [9.17, 15) is 0 Å². The summed E-state index contributed by atoms with van der Waals surface area (Å²) in [6.07, 6.45) is 13.9. The van der Waals surface area contributed by atoms with Crippen LogP contribution in [0.2, 0.25) is 0 Å². The molecule has 80 heavy (non-hydrogen) atoms. The highest BCUT2D eigenvalue weighted by Crippen LogP contribution is 2.66. The van der Waals surface area contributed by atoms with E-state index < -0.39 is 5.41 Å². The highest BCUT2D eigenvalue weighted by molar-refractivity contribution is 6.00. The lowest BCUT2D eigenvalue weighted by Gasteiger charge is -2.36. The third-order valence-corrected chi connectivity index (χ3v) is 19.0. The third kappa shape index (κ3) is 6.42. The molecule has 0 radical (unpaired) electrons. The van der Waals surface area contributed by atoms with Gasteiger partial charge in [-0.1, -0.05) is 248 Å². The Morgan fingerprint density at radius 2 is 0.662 bits per heavy atom. The summed E-state index contributed by atoms with van der Waals surface area (Å²) in [5, 5.41) is 0. The molecule has 2 nitrogen and oxygen atoms in total. The minimum Gasteiger partial charge on any atom is -0.244 e. The zero-order valence-electron chi connectivity index (χ0n) is 46.5. The fraction of sp³-hybridized carbons (Fsp3) is 0.179. The van der Waals surface area contributed by atoms with Gasteiger partial charge in [0.05, 0.1) is 33.3 Å². The first-order valence-electron chi connectivity index (χ1n) is 29.0. The van der Waals surface area contributed by atoms with E-state index in [1.807, 2.05) is 0 Å². The van der Waals surface area contributed by atoms with Crippen molar-refractivity contribution < 1.29 is 0 Å². The summed E-state index contributed by atoms with van der Waals surface area (Å²) in [4.78, 5) is 11.6. The predicted molar refractivity (Wildman–Crippen MR) is 333 cm³/mol. The molecule has 1 aromatic heterocycles. The number of allylic oxidation sites excluding steroid dienone is 8. The average molecular weight is 1030 g/mol. The van der Waals surface area contributed by atoms with Gasteiger partial charge < -0.3 is 0 Å². The SMILES string of the molecule is CC(C)(C)c1ccc(C(C)(C)C)c2nc(-c3ccc(-c4ccc5c(c4)C4(c6ccccc6-c6ccccc64)c4ccccc4-5)cc3)c(-c3ccc(-c4ccc5c(c4)C4(C6=C(C=CCC6)c6ccccc64)C4=C5C=CCC4)cc3)nc12. The highest BCUT2D eigenvalue weighted by Gasteiger charge is 2.54. The van der Waals surface area contributed by atoms with Gasteiger partial charge in [0, 0.05) is 11.1 Å². The van der Waals surface area contributed by atoms with Crippen LogP contribution in [0, 0.1) is 0 Å². The molecule has 16 rings (SSSR count). The molecule has 6 aliphatic carbocycles. The van der Waals surface area contributed by atoms with Crippen LogP contribution < -0.4 is 0 Å². The maximum Gasteiger partial charge on any atom is 0.0973 e. The van der Waals surface area contributed by atoms with Crippen LogP contribution in [0.3, 0.4) is 0 Å². The van der Waals surface area contributed by atoms with Crippen LogP contribution in [0.4, 0.5) is 0 Å². The van der Waals surface area contributed by atoms with Gasteiger partial charge >= 0.3 is 0 Å². The largest absolute Gasteiger partial charge is 0.244 e. The number of hydrogen-bond donors (Lipinski definition) is 0. The van der Waals surface area contributed by atoms with Crippen molar-refractivity contribution in [2.24, 2.45) is 0 Å². The minimum absolute atomic E-state index is 0.147. The van der Waals surface area contributed by atoms with Crippen molar-refractivity contribution in [1.29, 1.82) is 0 Å². The van der Waals surface area contributed by atoms with Crippen molar-refractivity contribution in [3.63, 3.8) is 0 Å². The molecule has 384 valence electrons. The van der Waals surface area contributed by atoms with Gasteiger partial charge in [-0.05, 0) is 171 Å². The molecule has 2 heteroatoms. The van der Waals surface area contributed by atoms with Gasteiger partial charge in [-0.15, -0.1) is 0 Å². The molecule has 0 bridgehead atoms. The minimum atomic E-state index is -0.398. The molecule has 1 heterocycles. The maximum absolute atomic E-state index is 5.79. The molecular formula is C78H62N2. The summed E-state index contributed by atoms with van der Waals surface area (Å²) in [6.45, 7) is 13.8.